The molecular weight excluding hydrogens is 382 g/mol. The first-order valence-corrected chi connectivity index (χ1v) is 9.90. The fourth-order valence-electron chi connectivity index (χ4n) is 3.54. The van der Waals surface area contributed by atoms with E-state index in [1.807, 2.05) is 33.2 Å². The van der Waals surface area contributed by atoms with Crippen LogP contribution in [0, 0.1) is 11.3 Å². The SMILES string of the molecule is CC(C)Oc1cc2c(OCC3CCC(=O)N3)ncc(-c3ccn(C)n3)c2cc1C#N. The van der Waals surface area contributed by atoms with Gasteiger partial charge in [0.25, 0.3) is 0 Å². The van der Waals surface area contributed by atoms with Crippen molar-refractivity contribution in [3.63, 3.8) is 0 Å². The molecule has 2 aromatic heterocycles. The Kier molecular flexibility index (Phi) is 5.27. The van der Waals surface area contributed by atoms with Gasteiger partial charge in [-0.2, -0.15) is 10.4 Å². The van der Waals surface area contributed by atoms with Gasteiger partial charge in [-0.3, -0.25) is 9.48 Å². The van der Waals surface area contributed by atoms with E-state index in [0.717, 1.165) is 28.5 Å². The van der Waals surface area contributed by atoms with Crippen LogP contribution in [0.3, 0.4) is 0 Å². The van der Waals surface area contributed by atoms with Gasteiger partial charge < -0.3 is 14.8 Å². The molecule has 3 heterocycles. The van der Waals surface area contributed by atoms with Crippen molar-refractivity contribution in [2.75, 3.05) is 6.61 Å². The first-order chi connectivity index (χ1) is 14.4. The van der Waals surface area contributed by atoms with E-state index >= 15 is 0 Å². The number of carbonyl (C=O) groups excluding carboxylic acids is 1. The third kappa shape index (κ3) is 3.92. The third-order valence-corrected chi connectivity index (χ3v) is 4.93. The van der Waals surface area contributed by atoms with E-state index in [1.54, 1.807) is 23.0 Å². The fourth-order valence-corrected chi connectivity index (χ4v) is 3.54. The van der Waals surface area contributed by atoms with Crippen LogP contribution in [-0.4, -0.2) is 39.4 Å². The van der Waals surface area contributed by atoms with E-state index < -0.39 is 0 Å². The van der Waals surface area contributed by atoms with Crippen LogP contribution in [0.25, 0.3) is 22.0 Å². The zero-order chi connectivity index (χ0) is 21.3. The smallest absolute Gasteiger partial charge is 0.221 e. The van der Waals surface area contributed by atoms with E-state index in [2.05, 4.69) is 21.5 Å². The molecule has 30 heavy (non-hydrogen) atoms. The summed E-state index contributed by atoms with van der Waals surface area (Å²) in [6, 6.07) is 7.68. The highest BCUT2D eigenvalue weighted by molar-refractivity contribution is 5.99. The van der Waals surface area contributed by atoms with E-state index in [0.29, 0.717) is 30.2 Å². The number of aryl methyl sites for hydroxylation is 1. The van der Waals surface area contributed by atoms with E-state index in [9.17, 15) is 10.1 Å². The number of ether oxygens (including phenoxy) is 2. The van der Waals surface area contributed by atoms with Crippen molar-refractivity contribution >= 4 is 16.7 Å². The average Bonchev–Trinajstić information content (AvgIpc) is 3.33. The summed E-state index contributed by atoms with van der Waals surface area (Å²) >= 11 is 0. The second kappa shape index (κ2) is 8.03. The molecule has 1 saturated heterocycles. The van der Waals surface area contributed by atoms with Gasteiger partial charge >= 0.3 is 0 Å². The highest BCUT2D eigenvalue weighted by atomic mass is 16.5. The summed E-state index contributed by atoms with van der Waals surface area (Å²) in [6.07, 6.45) is 4.73. The number of benzene rings is 1. The molecule has 0 aliphatic carbocycles. The minimum absolute atomic E-state index is 0.0328. The van der Waals surface area contributed by atoms with Crippen LogP contribution < -0.4 is 14.8 Å². The Morgan fingerprint density at radius 1 is 1.37 bits per heavy atom. The molecule has 1 atom stereocenters. The van der Waals surface area contributed by atoms with Crippen molar-refractivity contribution in [3.8, 4) is 29.0 Å². The zero-order valence-corrected chi connectivity index (χ0v) is 17.2. The highest BCUT2D eigenvalue weighted by Crippen LogP contribution is 2.36. The molecular formula is C22H23N5O3. The summed E-state index contributed by atoms with van der Waals surface area (Å²) in [4.78, 5) is 16.0. The maximum absolute atomic E-state index is 11.5. The van der Waals surface area contributed by atoms with Gasteiger partial charge in [0.05, 0.1) is 23.4 Å². The molecule has 1 aliphatic rings. The molecule has 1 aliphatic heterocycles. The number of carbonyl (C=O) groups is 1. The minimum atomic E-state index is -0.0837. The Morgan fingerprint density at radius 2 is 2.20 bits per heavy atom. The van der Waals surface area contributed by atoms with Crippen LogP contribution in [0.4, 0.5) is 0 Å². The molecule has 1 aromatic carbocycles. The van der Waals surface area contributed by atoms with Gasteiger partial charge in [-0.05, 0) is 43.9 Å². The lowest BCUT2D eigenvalue weighted by molar-refractivity contribution is -0.119. The topological polar surface area (TPSA) is 102 Å². The summed E-state index contributed by atoms with van der Waals surface area (Å²) in [7, 11) is 1.85. The Hall–Kier alpha value is -3.60. The molecule has 0 bridgehead atoms. The van der Waals surface area contributed by atoms with Crippen molar-refractivity contribution < 1.29 is 14.3 Å². The lowest BCUT2D eigenvalue weighted by Crippen LogP contribution is -2.31. The number of nitriles is 1. The normalized spacial score (nSPS) is 16.0. The van der Waals surface area contributed by atoms with Crippen molar-refractivity contribution in [1.82, 2.24) is 20.1 Å². The Balaban J connectivity index is 1.80. The molecule has 8 nitrogen and oxygen atoms in total. The molecule has 3 aromatic rings. The van der Waals surface area contributed by atoms with Gasteiger partial charge in [-0.1, -0.05) is 0 Å². The van der Waals surface area contributed by atoms with Crippen LogP contribution in [-0.2, 0) is 11.8 Å². The van der Waals surface area contributed by atoms with E-state index in [4.69, 9.17) is 9.47 Å². The monoisotopic (exact) mass is 405 g/mol. The summed E-state index contributed by atoms with van der Waals surface area (Å²) in [5.41, 5.74) is 2.00. The summed E-state index contributed by atoms with van der Waals surface area (Å²) in [5.74, 6) is 0.959. The van der Waals surface area contributed by atoms with Gasteiger partial charge in [0.1, 0.15) is 18.4 Å². The van der Waals surface area contributed by atoms with Crippen LogP contribution in [0.15, 0.2) is 30.6 Å². The van der Waals surface area contributed by atoms with Crippen LogP contribution in [0.5, 0.6) is 11.6 Å². The molecule has 8 heteroatoms. The van der Waals surface area contributed by atoms with Gasteiger partial charge in [0, 0.05) is 36.8 Å². The number of nitrogens with zero attached hydrogens (tertiary/aromatic N) is 4. The maximum Gasteiger partial charge on any atom is 0.221 e. The second-order valence-electron chi connectivity index (χ2n) is 7.64. The number of hydrogen-bond donors (Lipinski definition) is 1. The number of fused-ring (bicyclic) bond motifs is 1. The predicted octanol–water partition coefficient (Wildman–Crippen LogP) is 2.95. The standard InChI is InChI=1S/C22H23N5O3/c1-13(2)30-20-9-17-16(8-14(20)10-23)18(19-6-7-27(3)26-19)11-24-22(17)29-12-15-4-5-21(28)25-15/h6-9,11,13,15H,4-5,12H2,1-3H3,(H,25,28). The lowest BCUT2D eigenvalue weighted by atomic mass is 10.0. The second-order valence-corrected chi connectivity index (χ2v) is 7.64. The highest BCUT2D eigenvalue weighted by Gasteiger charge is 2.22. The number of nitrogens with one attached hydrogen (secondary N) is 1. The minimum Gasteiger partial charge on any atom is -0.490 e. The summed E-state index contributed by atoms with van der Waals surface area (Å²) in [5, 5.41) is 18.6. The Labute approximate surface area is 174 Å². The zero-order valence-electron chi connectivity index (χ0n) is 17.2. The van der Waals surface area contributed by atoms with Gasteiger partial charge in [-0.15, -0.1) is 0 Å². The van der Waals surface area contributed by atoms with Gasteiger partial charge in [0.15, 0.2) is 0 Å². The molecule has 1 unspecified atom stereocenters. The van der Waals surface area contributed by atoms with Gasteiger partial charge in [0.2, 0.25) is 11.8 Å². The summed E-state index contributed by atoms with van der Waals surface area (Å²) in [6.45, 7) is 4.15. The summed E-state index contributed by atoms with van der Waals surface area (Å²) < 4.78 is 13.6. The number of rotatable bonds is 6. The molecule has 0 radical (unpaired) electrons. The Bertz CT molecular complexity index is 1150. The van der Waals surface area contributed by atoms with Crippen LogP contribution >= 0.6 is 0 Å². The fraction of sp³-hybridized carbons (Fsp3) is 0.364. The van der Waals surface area contributed by atoms with E-state index in [-0.39, 0.29) is 18.1 Å². The van der Waals surface area contributed by atoms with E-state index in [1.165, 1.54) is 0 Å². The largest absolute Gasteiger partial charge is 0.490 e. The molecule has 1 fully saturated rings. The van der Waals surface area contributed by atoms with Crippen molar-refractivity contribution in [2.24, 2.45) is 7.05 Å². The predicted molar refractivity (Wildman–Crippen MR) is 111 cm³/mol. The molecule has 154 valence electrons. The number of amides is 1. The van der Waals surface area contributed by atoms with Crippen LogP contribution in [0.2, 0.25) is 0 Å². The maximum atomic E-state index is 11.5. The number of aromatic nitrogens is 3. The molecule has 0 saturated carbocycles. The quantitative estimate of drug-likeness (QED) is 0.676. The van der Waals surface area contributed by atoms with Crippen molar-refractivity contribution in [1.29, 1.82) is 5.26 Å². The first kappa shape index (κ1) is 19.7. The number of hydrogen-bond acceptors (Lipinski definition) is 6. The van der Waals surface area contributed by atoms with Crippen LogP contribution in [0.1, 0.15) is 32.3 Å². The Morgan fingerprint density at radius 3 is 2.83 bits per heavy atom. The third-order valence-electron chi connectivity index (χ3n) is 4.93. The average molecular weight is 405 g/mol. The van der Waals surface area contributed by atoms with Crippen molar-refractivity contribution in [2.45, 2.75) is 38.8 Å². The van der Waals surface area contributed by atoms with Crippen molar-refractivity contribution in [3.05, 3.63) is 36.2 Å². The molecule has 4 rings (SSSR count). The molecule has 1 amide bonds. The van der Waals surface area contributed by atoms with Gasteiger partial charge in [-0.25, -0.2) is 4.98 Å². The number of pyridine rings is 1. The molecule has 1 N–H and O–H groups in total. The lowest BCUT2D eigenvalue weighted by Gasteiger charge is -2.17. The molecule has 0 spiro atoms. The first-order valence-electron chi connectivity index (χ1n) is 9.90.